The quantitative estimate of drug-likeness (QED) is 0.350. The number of fused-ring (bicyclic) bond motifs is 2. The molecule has 5 aromatic rings. The standard InChI is InChI=1S/C27H22N4/c1-17-8-11-25-26(12-17)30-27(29-25)23(16-28)14-22-13-18(2)31(19(22)3)24-10-9-20-6-4-5-7-21(20)15-24/h4-15H,1-3H3,(H,29,30)/b23-14-. The Morgan fingerprint density at radius 1 is 0.968 bits per heavy atom. The maximum absolute atomic E-state index is 9.84. The molecule has 0 aliphatic heterocycles. The van der Waals surface area contributed by atoms with Crippen molar-refractivity contribution in [3.05, 3.63) is 95.1 Å². The van der Waals surface area contributed by atoms with Crippen LogP contribution in [-0.4, -0.2) is 14.5 Å². The van der Waals surface area contributed by atoms with E-state index in [9.17, 15) is 5.26 Å². The molecule has 0 amide bonds. The van der Waals surface area contributed by atoms with Crippen molar-refractivity contribution in [1.82, 2.24) is 14.5 Å². The number of H-pyrrole nitrogens is 1. The third-order valence-corrected chi connectivity index (χ3v) is 5.77. The number of aromatic nitrogens is 3. The number of nitrogens with zero attached hydrogens (tertiary/aromatic N) is 3. The van der Waals surface area contributed by atoms with Crippen LogP contribution in [-0.2, 0) is 0 Å². The summed E-state index contributed by atoms with van der Waals surface area (Å²) in [6, 6.07) is 25.4. The number of hydrogen-bond donors (Lipinski definition) is 1. The molecule has 4 nitrogen and oxygen atoms in total. The molecule has 4 heteroatoms. The number of imidazole rings is 1. The number of allylic oxidation sites excluding steroid dienone is 1. The summed E-state index contributed by atoms with van der Waals surface area (Å²) in [5.41, 5.74) is 7.83. The second-order valence-corrected chi connectivity index (χ2v) is 7.97. The topological polar surface area (TPSA) is 57.4 Å². The third-order valence-electron chi connectivity index (χ3n) is 5.77. The van der Waals surface area contributed by atoms with Gasteiger partial charge in [-0.15, -0.1) is 0 Å². The monoisotopic (exact) mass is 402 g/mol. The molecule has 0 atom stereocenters. The van der Waals surface area contributed by atoms with Crippen molar-refractivity contribution in [2.24, 2.45) is 0 Å². The van der Waals surface area contributed by atoms with Gasteiger partial charge in [0, 0.05) is 17.1 Å². The van der Waals surface area contributed by atoms with E-state index in [0.29, 0.717) is 11.4 Å². The van der Waals surface area contributed by atoms with Crippen molar-refractivity contribution in [1.29, 1.82) is 5.26 Å². The molecular weight excluding hydrogens is 380 g/mol. The van der Waals surface area contributed by atoms with Gasteiger partial charge in [0.1, 0.15) is 11.9 Å². The number of benzene rings is 3. The van der Waals surface area contributed by atoms with E-state index in [2.05, 4.69) is 83.0 Å². The molecule has 5 rings (SSSR count). The highest BCUT2D eigenvalue weighted by Crippen LogP contribution is 2.27. The molecule has 0 bridgehead atoms. The van der Waals surface area contributed by atoms with Crippen molar-refractivity contribution in [3.63, 3.8) is 0 Å². The molecule has 150 valence electrons. The predicted octanol–water partition coefficient (Wildman–Crippen LogP) is 6.50. The molecular formula is C27H22N4. The fourth-order valence-electron chi connectivity index (χ4n) is 4.21. The minimum absolute atomic E-state index is 0.521. The lowest BCUT2D eigenvalue weighted by molar-refractivity contribution is 0.966. The first-order valence-electron chi connectivity index (χ1n) is 10.3. The van der Waals surface area contributed by atoms with Crippen molar-refractivity contribution in [2.45, 2.75) is 20.8 Å². The lowest BCUT2D eigenvalue weighted by atomic mass is 10.1. The summed E-state index contributed by atoms with van der Waals surface area (Å²) in [6.45, 7) is 6.23. The zero-order valence-electron chi connectivity index (χ0n) is 17.8. The second-order valence-electron chi connectivity index (χ2n) is 7.97. The van der Waals surface area contributed by atoms with E-state index in [0.717, 1.165) is 39.2 Å². The first kappa shape index (κ1) is 18.9. The average molecular weight is 403 g/mol. The van der Waals surface area contributed by atoms with Crippen LogP contribution < -0.4 is 0 Å². The van der Waals surface area contributed by atoms with E-state index in [1.165, 1.54) is 10.8 Å². The van der Waals surface area contributed by atoms with Gasteiger partial charge < -0.3 is 9.55 Å². The summed E-state index contributed by atoms with van der Waals surface area (Å²) < 4.78 is 2.23. The Hall–Kier alpha value is -4.10. The SMILES string of the molecule is Cc1ccc2nc(/C(C#N)=C\c3cc(C)n(-c4ccc5ccccc5c4)c3C)[nH]c2c1. The van der Waals surface area contributed by atoms with Crippen LogP contribution >= 0.6 is 0 Å². The molecule has 0 radical (unpaired) electrons. The maximum Gasteiger partial charge on any atom is 0.149 e. The summed E-state index contributed by atoms with van der Waals surface area (Å²) in [4.78, 5) is 7.91. The summed E-state index contributed by atoms with van der Waals surface area (Å²) in [6.07, 6.45) is 1.92. The van der Waals surface area contributed by atoms with E-state index in [-0.39, 0.29) is 0 Å². The van der Waals surface area contributed by atoms with Crippen LogP contribution in [0.5, 0.6) is 0 Å². The van der Waals surface area contributed by atoms with Gasteiger partial charge in [0.2, 0.25) is 0 Å². The minimum atomic E-state index is 0.521. The van der Waals surface area contributed by atoms with E-state index in [1.54, 1.807) is 0 Å². The highest BCUT2D eigenvalue weighted by Gasteiger charge is 2.13. The molecule has 2 heterocycles. The van der Waals surface area contributed by atoms with Crippen LogP contribution in [0.3, 0.4) is 0 Å². The smallest absolute Gasteiger partial charge is 0.149 e. The van der Waals surface area contributed by atoms with Crippen LogP contribution in [0.2, 0.25) is 0 Å². The molecule has 0 aliphatic rings. The number of nitrogens with one attached hydrogen (secondary N) is 1. The molecule has 0 spiro atoms. The molecule has 0 aliphatic carbocycles. The van der Waals surface area contributed by atoms with E-state index < -0.39 is 0 Å². The average Bonchev–Trinajstić information content (AvgIpc) is 3.31. The van der Waals surface area contributed by atoms with E-state index in [1.807, 2.05) is 31.2 Å². The van der Waals surface area contributed by atoms with Crippen LogP contribution in [0.1, 0.15) is 28.3 Å². The van der Waals surface area contributed by atoms with Crippen molar-refractivity contribution in [2.75, 3.05) is 0 Å². The van der Waals surface area contributed by atoms with Gasteiger partial charge in [-0.2, -0.15) is 5.26 Å². The second kappa shape index (κ2) is 7.30. The summed E-state index contributed by atoms with van der Waals surface area (Å²) in [5.74, 6) is 0.596. The molecule has 0 fully saturated rings. The number of aromatic amines is 1. The Bertz CT molecular complexity index is 1520. The Labute approximate surface area is 181 Å². The first-order valence-corrected chi connectivity index (χ1v) is 10.3. The summed E-state index contributed by atoms with van der Waals surface area (Å²) >= 11 is 0. The number of aryl methyl sites for hydroxylation is 2. The third kappa shape index (κ3) is 3.31. The van der Waals surface area contributed by atoms with Gasteiger partial charge >= 0.3 is 0 Å². The lowest BCUT2D eigenvalue weighted by Crippen LogP contribution is -1.99. The molecule has 0 saturated heterocycles. The van der Waals surface area contributed by atoms with Crippen molar-refractivity contribution in [3.8, 4) is 11.8 Å². The van der Waals surface area contributed by atoms with Gasteiger partial charge in [-0.3, -0.25) is 0 Å². The van der Waals surface area contributed by atoms with Gasteiger partial charge in [0.15, 0.2) is 0 Å². The summed E-state index contributed by atoms with van der Waals surface area (Å²) in [5, 5.41) is 12.3. The Morgan fingerprint density at radius 3 is 2.58 bits per heavy atom. The highest BCUT2D eigenvalue weighted by atomic mass is 15.0. The largest absolute Gasteiger partial charge is 0.337 e. The van der Waals surface area contributed by atoms with Gasteiger partial charge in [0.25, 0.3) is 0 Å². The fourth-order valence-corrected chi connectivity index (χ4v) is 4.21. The Kier molecular flexibility index (Phi) is 4.45. The van der Waals surface area contributed by atoms with Crippen LogP contribution in [0, 0.1) is 32.1 Å². The lowest BCUT2D eigenvalue weighted by Gasteiger charge is -2.11. The van der Waals surface area contributed by atoms with Gasteiger partial charge in [-0.1, -0.05) is 36.4 Å². The van der Waals surface area contributed by atoms with Crippen LogP contribution in [0.4, 0.5) is 0 Å². The number of nitriles is 1. The van der Waals surface area contributed by atoms with E-state index >= 15 is 0 Å². The zero-order valence-corrected chi connectivity index (χ0v) is 17.8. The molecule has 0 saturated carbocycles. The minimum Gasteiger partial charge on any atom is -0.337 e. The molecule has 31 heavy (non-hydrogen) atoms. The van der Waals surface area contributed by atoms with Gasteiger partial charge in [-0.05, 0) is 79.1 Å². The Balaban J connectivity index is 1.59. The normalized spacial score (nSPS) is 11.9. The predicted molar refractivity (Wildman–Crippen MR) is 127 cm³/mol. The molecule has 3 aromatic carbocycles. The Morgan fingerprint density at radius 2 is 1.77 bits per heavy atom. The number of hydrogen-bond acceptors (Lipinski definition) is 2. The van der Waals surface area contributed by atoms with Gasteiger partial charge in [-0.25, -0.2) is 4.98 Å². The summed E-state index contributed by atoms with van der Waals surface area (Å²) in [7, 11) is 0. The van der Waals surface area contributed by atoms with Gasteiger partial charge in [0.05, 0.1) is 16.6 Å². The zero-order chi connectivity index (χ0) is 21.5. The van der Waals surface area contributed by atoms with Crippen LogP contribution in [0.25, 0.3) is 39.1 Å². The molecule has 1 N–H and O–H groups in total. The molecule has 2 aromatic heterocycles. The highest BCUT2D eigenvalue weighted by molar-refractivity contribution is 5.91. The van der Waals surface area contributed by atoms with Crippen molar-refractivity contribution >= 4 is 33.5 Å². The first-order chi connectivity index (χ1) is 15.0. The maximum atomic E-state index is 9.84. The van der Waals surface area contributed by atoms with E-state index in [4.69, 9.17) is 0 Å². The number of rotatable bonds is 3. The van der Waals surface area contributed by atoms with Crippen LogP contribution in [0.15, 0.2) is 66.7 Å². The van der Waals surface area contributed by atoms with Crippen molar-refractivity contribution < 1.29 is 0 Å². The fraction of sp³-hybridized carbons (Fsp3) is 0.111. The molecule has 0 unspecified atom stereocenters.